The fourth-order valence-electron chi connectivity index (χ4n) is 1.35. The van der Waals surface area contributed by atoms with Gasteiger partial charge in [0.2, 0.25) is 0 Å². The molecule has 0 N–H and O–H groups in total. The normalized spacial score (nSPS) is 11.5. The molecule has 0 aliphatic carbocycles. The largest absolute Gasteiger partial charge is 0.466 e. The summed E-state index contributed by atoms with van der Waals surface area (Å²) in [5.41, 5.74) is 0.261. The molecule has 0 bridgehead atoms. The minimum absolute atomic E-state index is 0.193. The van der Waals surface area contributed by atoms with Gasteiger partial charge in [0.25, 0.3) is 0 Å². The Balaban J connectivity index is 5.12. The summed E-state index contributed by atoms with van der Waals surface area (Å²) < 4.78 is 9.61. The predicted molar refractivity (Wildman–Crippen MR) is 61.0 cm³/mol. The molecule has 0 aromatic heterocycles. The highest BCUT2D eigenvalue weighted by molar-refractivity contribution is 5.89. The van der Waals surface area contributed by atoms with E-state index in [1.54, 1.807) is 0 Å². The lowest BCUT2D eigenvalue weighted by atomic mass is 10.1. The van der Waals surface area contributed by atoms with Crippen LogP contribution in [0.3, 0.4) is 0 Å². The molecule has 0 saturated heterocycles. The van der Waals surface area contributed by atoms with Gasteiger partial charge in [0.1, 0.15) is 12.0 Å². The number of hydrogen-bond donors (Lipinski definition) is 0. The Morgan fingerprint density at radius 1 is 1.24 bits per heavy atom. The highest BCUT2D eigenvalue weighted by atomic mass is 16.5. The van der Waals surface area contributed by atoms with Crippen LogP contribution in [0.2, 0.25) is 0 Å². The molecule has 5 nitrogen and oxygen atoms in total. The van der Waals surface area contributed by atoms with Crippen molar-refractivity contribution >= 4 is 18.2 Å². The number of carbonyl (C=O) groups excluding carboxylic acids is 3. The van der Waals surface area contributed by atoms with Crippen LogP contribution in [0.1, 0.15) is 39.5 Å². The van der Waals surface area contributed by atoms with E-state index >= 15 is 0 Å². The highest BCUT2D eigenvalue weighted by Crippen LogP contribution is 2.18. The molecule has 0 rings (SSSR count). The number of esters is 2. The monoisotopic (exact) mass is 242 g/mol. The van der Waals surface area contributed by atoms with E-state index in [2.05, 4.69) is 4.74 Å². The first-order chi connectivity index (χ1) is 8.06. The summed E-state index contributed by atoms with van der Waals surface area (Å²) >= 11 is 0. The van der Waals surface area contributed by atoms with Crippen LogP contribution >= 0.6 is 0 Å². The molecule has 0 aliphatic heterocycles. The zero-order valence-corrected chi connectivity index (χ0v) is 10.4. The number of methoxy groups -OCH3 is 1. The molecule has 96 valence electrons. The van der Waals surface area contributed by atoms with E-state index in [0.717, 1.165) is 6.42 Å². The third-order valence-corrected chi connectivity index (χ3v) is 2.02. The van der Waals surface area contributed by atoms with E-state index < -0.39 is 11.9 Å². The van der Waals surface area contributed by atoms with Gasteiger partial charge in [0, 0.05) is 19.8 Å². The first-order valence-electron chi connectivity index (χ1n) is 5.49. The number of hydrogen-bond acceptors (Lipinski definition) is 5. The number of carbonyl (C=O) groups is 3. The summed E-state index contributed by atoms with van der Waals surface area (Å²) in [6.07, 6.45) is 2.31. The van der Waals surface area contributed by atoms with Crippen molar-refractivity contribution in [1.29, 1.82) is 0 Å². The molecular formula is C12H18O5. The Morgan fingerprint density at radius 2 is 1.88 bits per heavy atom. The van der Waals surface area contributed by atoms with Crippen molar-refractivity contribution in [2.24, 2.45) is 0 Å². The van der Waals surface area contributed by atoms with Crippen molar-refractivity contribution in [3.63, 3.8) is 0 Å². The molecule has 0 fully saturated rings. The molecule has 0 atom stereocenters. The van der Waals surface area contributed by atoms with E-state index in [-0.39, 0.29) is 18.4 Å². The van der Waals surface area contributed by atoms with E-state index in [0.29, 0.717) is 18.5 Å². The van der Waals surface area contributed by atoms with E-state index in [1.807, 2.05) is 6.92 Å². The number of rotatable bonds is 7. The molecule has 0 amide bonds. The smallest absolute Gasteiger partial charge is 0.337 e. The van der Waals surface area contributed by atoms with Gasteiger partial charge in [-0.15, -0.1) is 0 Å². The van der Waals surface area contributed by atoms with Crippen LogP contribution in [0.15, 0.2) is 11.3 Å². The maximum Gasteiger partial charge on any atom is 0.337 e. The van der Waals surface area contributed by atoms with Crippen molar-refractivity contribution < 1.29 is 23.9 Å². The zero-order chi connectivity index (χ0) is 13.3. The minimum Gasteiger partial charge on any atom is -0.466 e. The first kappa shape index (κ1) is 15.3. The van der Waals surface area contributed by atoms with Crippen LogP contribution in [0.25, 0.3) is 0 Å². The van der Waals surface area contributed by atoms with Crippen molar-refractivity contribution in [2.45, 2.75) is 39.5 Å². The lowest BCUT2D eigenvalue weighted by molar-refractivity contribution is -0.138. The van der Waals surface area contributed by atoms with Gasteiger partial charge in [0.15, 0.2) is 0 Å². The van der Waals surface area contributed by atoms with Crippen molar-refractivity contribution in [3.8, 4) is 0 Å². The molecule has 5 heteroatoms. The molecule has 0 aromatic carbocycles. The summed E-state index contributed by atoms with van der Waals surface area (Å²) in [6, 6.07) is 0. The summed E-state index contributed by atoms with van der Waals surface area (Å²) in [7, 11) is 1.25. The average Bonchev–Trinajstić information content (AvgIpc) is 2.28. The number of aldehydes is 1. The first-order valence-corrected chi connectivity index (χ1v) is 5.49. The predicted octanol–water partition coefficient (Wildman–Crippen LogP) is 1.76. The summed E-state index contributed by atoms with van der Waals surface area (Å²) in [4.78, 5) is 32.8. The Hall–Kier alpha value is -1.65. The van der Waals surface area contributed by atoms with Crippen molar-refractivity contribution in [1.82, 2.24) is 0 Å². The molecule has 0 heterocycles. The SMILES string of the molecule is CCC/C(OC(C)=O)=C(\CCC=O)C(=O)OC. The van der Waals surface area contributed by atoms with Crippen LogP contribution in [-0.2, 0) is 23.9 Å². The van der Waals surface area contributed by atoms with Gasteiger partial charge < -0.3 is 14.3 Å². The fourth-order valence-corrected chi connectivity index (χ4v) is 1.35. The quantitative estimate of drug-likeness (QED) is 0.294. The zero-order valence-electron chi connectivity index (χ0n) is 10.4. The third-order valence-electron chi connectivity index (χ3n) is 2.02. The van der Waals surface area contributed by atoms with E-state index in [4.69, 9.17) is 4.74 Å². The number of ether oxygens (including phenoxy) is 2. The fraction of sp³-hybridized carbons (Fsp3) is 0.583. The Bertz CT molecular complexity index is 317. The van der Waals surface area contributed by atoms with Crippen molar-refractivity contribution in [2.75, 3.05) is 7.11 Å². The van der Waals surface area contributed by atoms with Gasteiger partial charge in [-0.25, -0.2) is 4.79 Å². The Labute approximate surface area is 101 Å². The van der Waals surface area contributed by atoms with Gasteiger partial charge in [-0.2, -0.15) is 0 Å². The maximum absolute atomic E-state index is 11.5. The average molecular weight is 242 g/mol. The Kier molecular flexibility index (Phi) is 7.67. The van der Waals surface area contributed by atoms with Crippen LogP contribution in [0.4, 0.5) is 0 Å². The van der Waals surface area contributed by atoms with Crippen LogP contribution in [0, 0.1) is 0 Å². The molecule has 0 aromatic rings. The lowest BCUT2D eigenvalue weighted by Gasteiger charge is -2.11. The molecule has 17 heavy (non-hydrogen) atoms. The summed E-state index contributed by atoms with van der Waals surface area (Å²) in [6.45, 7) is 3.17. The van der Waals surface area contributed by atoms with Gasteiger partial charge in [0.05, 0.1) is 12.7 Å². The molecule has 0 saturated carbocycles. The molecule has 0 radical (unpaired) electrons. The number of allylic oxidation sites excluding steroid dienone is 1. The second kappa shape index (κ2) is 8.50. The maximum atomic E-state index is 11.5. The molecule has 0 spiro atoms. The third kappa shape index (κ3) is 5.85. The van der Waals surface area contributed by atoms with Crippen LogP contribution < -0.4 is 0 Å². The van der Waals surface area contributed by atoms with Gasteiger partial charge >= 0.3 is 11.9 Å². The van der Waals surface area contributed by atoms with Gasteiger partial charge in [-0.3, -0.25) is 4.79 Å². The van der Waals surface area contributed by atoms with Crippen LogP contribution in [0.5, 0.6) is 0 Å². The highest BCUT2D eigenvalue weighted by Gasteiger charge is 2.18. The molecule has 0 aliphatic rings. The molecule has 0 unspecified atom stereocenters. The summed E-state index contributed by atoms with van der Waals surface area (Å²) in [5.74, 6) is -0.744. The Morgan fingerprint density at radius 3 is 2.29 bits per heavy atom. The van der Waals surface area contributed by atoms with Gasteiger partial charge in [-0.1, -0.05) is 6.92 Å². The second-order valence-electron chi connectivity index (χ2n) is 3.44. The van der Waals surface area contributed by atoms with Crippen molar-refractivity contribution in [3.05, 3.63) is 11.3 Å². The molecular weight excluding hydrogens is 224 g/mol. The van der Waals surface area contributed by atoms with E-state index in [9.17, 15) is 14.4 Å². The topological polar surface area (TPSA) is 69.7 Å². The van der Waals surface area contributed by atoms with Gasteiger partial charge in [-0.05, 0) is 12.8 Å². The summed E-state index contributed by atoms with van der Waals surface area (Å²) in [5, 5.41) is 0. The second-order valence-corrected chi connectivity index (χ2v) is 3.44. The lowest BCUT2D eigenvalue weighted by Crippen LogP contribution is -2.12. The standard InChI is InChI=1S/C12H18O5/c1-4-6-11(17-9(2)14)10(7-5-8-13)12(15)16-3/h8H,4-7H2,1-3H3/b11-10-. The van der Waals surface area contributed by atoms with E-state index in [1.165, 1.54) is 14.0 Å². The minimum atomic E-state index is -0.559. The van der Waals surface area contributed by atoms with Crippen LogP contribution in [-0.4, -0.2) is 25.3 Å².